The molecule has 0 saturated carbocycles. The van der Waals surface area contributed by atoms with E-state index >= 15 is 0 Å². The van der Waals surface area contributed by atoms with Gasteiger partial charge in [-0.2, -0.15) is 16.4 Å². The van der Waals surface area contributed by atoms with Crippen LogP contribution in [0.25, 0.3) is 5.82 Å². The molecule has 0 aliphatic rings. The zero-order valence-electron chi connectivity index (χ0n) is 13.3. The minimum atomic E-state index is -0.948. The molecule has 3 rings (SSSR count). The van der Waals surface area contributed by atoms with Crippen molar-refractivity contribution in [1.82, 2.24) is 20.0 Å². The molecule has 3 heterocycles. The molecule has 0 fully saturated rings. The van der Waals surface area contributed by atoms with Crippen molar-refractivity contribution in [3.63, 3.8) is 0 Å². The highest BCUT2D eigenvalue weighted by atomic mass is 32.1. The van der Waals surface area contributed by atoms with Gasteiger partial charge in [-0.05, 0) is 61.4 Å². The summed E-state index contributed by atoms with van der Waals surface area (Å²) < 4.78 is 1.76. The summed E-state index contributed by atoms with van der Waals surface area (Å²) in [6, 6.07) is 7.60. The van der Waals surface area contributed by atoms with E-state index in [1.54, 1.807) is 22.9 Å². The first-order chi connectivity index (χ1) is 11.0. The van der Waals surface area contributed by atoms with Crippen LogP contribution in [0.4, 0.5) is 5.82 Å². The molecule has 7 heteroatoms. The van der Waals surface area contributed by atoms with Gasteiger partial charge in [-0.15, -0.1) is 10.2 Å². The van der Waals surface area contributed by atoms with Gasteiger partial charge in [0, 0.05) is 12.2 Å². The Labute approximate surface area is 138 Å². The molecule has 2 N–H and O–H groups in total. The van der Waals surface area contributed by atoms with Gasteiger partial charge in [-0.25, -0.2) is 4.68 Å². The molecule has 1 atom stereocenters. The van der Waals surface area contributed by atoms with E-state index in [0.717, 1.165) is 17.0 Å². The molecule has 3 aromatic heterocycles. The highest BCUT2D eigenvalue weighted by Crippen LogP contribution is 2.23. The number of rotatable bonds is 5. The van der Waals surface area contributed by atoms with Crippen LogP contribution in [0.2, 0.25) is 0 Å². The first-order valence-electron chi connectivity index (χ1n) is 7.32. The van der Waals surface area contributed by atoms with Gasteiger partial charge < -0.3 is 10.4 Å². The van der Waals surface area contributed by atoms with E-state index in [9.17, 15) is 5.11 Å². The Hall–Kier alpha value is -2.25. The molecule has 0 aliphatic carbocycles. The van der Waals surface area contributed by atoms with Crippen LogP contribution < -0.4 is 5.32 Å². The zero-order chi connectivity index (χ0) is 16.4. The molecule has 3 aromatic rings. The zero-order valence-corrected chi connectivity index (χ0v) is 14.1. The molecule has 23 heavy (non-hydrogen) atoms. The first-order valence-corrected chi connectivity index (χ1v) is 8.26. The average Bonchev–Trinajstić information content (AvgIpc) is 3.16. The third kappa shape index (κ3) is 3.40. The summed E-state index contributed by atoms with van der Waals surface area (Å²) in [6.07, 6.45) is 0. The molecule has 120 valence electrons. The van der Waals surface area contributed by atoms with E-state index in [2.05, 4.69) is 20.6 Å². The fraction of sp³-hybridized carbons (Fsp3) is 0.312. The van der Waals surface area contributed by atoms with Crippen LogP contribution in [-0.2, 0) is 5.60 Å². The van der Waals surface area contributed by atoms with Gasteiger partial charge in [0.15, 0.2) is 5.82 Å². The smallest absolute Gasteiger partial charge is 0.176 e. The normalized spacial score (nSPS) is 13.7. The lowest BCUT2D eigenvalue weighted by Gasteiger charge is -2.22. The summed E-state index contributed by atoms with van der Waals surface area (Å²) >= 11 is 1.57. The predicted octanol–water partition coefficient (Wildman–Crippen LogP) is 2.66. The van der Waals surface area contributed by atoms with Crippen molar-refractivity contribution in [3.8, 4) is 5.82 Å². The Morgan fingerprint density at radius 2 is 2.09 bits per heavy atom. The van der Waals surface area contributed by atoms with E-state index in [-0.39, 0.29) is 0 Å². The second-order valence-electron chi connectivity index (χ2n) is 5.76. The number of aromatic nitrogens is 4. The van der Waals surface area contributed by atoms with Crippen molar-refractivity contribution < 1.29 is 5.11 Å². The highest BCUT2D eigenvalue weighted by molar-refractivity contribution is 7.08. The summed E-state index contributed by atoms with van der Waals surface area (Å²) in [5.74, 6) is 1.29. The van der Waals surface area contributed by atoms with E-state index in [4.69, 9.17) is 0 Å². The molecule has 0 aliphatic heterocycles. The van der Waals surface area contributed by atoms with Crippen molar-refractivity contribution in [2.75, 3.05) is 11.9 Å². The fourth-order valence-corrected chi connectivity index (χ4v) is 3.11. The summed E-state index contributed by atoms with van der Waals surface area (Å²) in [6.45, 7) is 6.06. The molecule has 0 unspecified atom stereocenters. The fourth-order valence-electron chi connectivity index (χ4n) is 2.33. The number of nitrogens with zero attached hydrogens (tertiary/aromatic N) is 4. The lowest BCUT2D eigenvalue weighted by molar-refractivity contribution is 0.0719. The predicted molar refractivity (Wildman–Crippen MR) is 91.0 cm³/mol. The Morgan fingerprint density at radius 3 is 2.65 bits per heavy atom. The molecule has 0 bridgehead atoms. The Kier molecular flexibility index (Phi) is 4.14. The van der Waals surface area contributed by atoms with Gasteiger partial charge in [0.1, 0.15) is 11.4 Å². The Morgan fingerprint density at radius 1 is 1.26 bits per heavy atom. The van der Waals surface area contributed by atoms with Crippen LogP contribution in [0.15, 0.2) is 35.0 Å². The number of anilines is 1. The molecule has 0 radical (unpaired) electrons. The summed E-state index contributed by atoms with van der Waals surface area (Å²) in [7, 11) is 0. The quantitative estimate of drug-likeness (QED) is 0.752. The standard InChI is InChI=1S/C16H19N5OS/c1-11-8-12(2)21(20-11)15-5-4-14(18-19-15)17-10-16(3,22)13-6-7-23-9-13/h4-9,22H,10H2,1-3H3,(H,17,18)/t16-/m0/s1. The van der Waals surface area contributed by atoms with Gasteiger partial charge >= 0.3 is 0 Å². The third-order valence-electron chi connectivity index (χ3n) is 3.63. The van der Waals surface area contributed by atoms with E-state index in [1.165, 1.54) is 0 Å². The van der Waals surface area contributed by atoms with Crippen molar-refractivity contribution in [1.29, 1.82) is 0 Å². The van der Waals surface area contributed by atoms with E-state index < -0.39 is 5.60 Å². The molecule has 0 spiro atoms. The second kappa shape index (κ2) is 6.10. The van der Waals surface area contributed by atoms with Crippen molar-refractivity contribution in [2.45, 2.75) is 26.4 Å². The Balaban J connectivity index is 1.70. The number of thiophene rings is 1. The summed E-state index contributed by atoms with van der Waals surface area (Å²) in [4.78, 5) is 0. The number of hydrogen-bond donors (Lipinski definition) is 2. The maximum atomic E-state index is 10.5. The molecule has 0 amide bonds. The molecule has 0 saturated heterocycles. The van der Waals surface area contributed by atoms with E-state index in [0.29, 0.717) is 18.2 Å². The van der Waals surface area contributed by atoms with Gasteiger partial charge in [0.05, 0.1) is 5.69 Å². The van der Waals surface area contributed by atoms with Crippen LogP contribution in [0, 0.1) is 13.8 Å². The highest BCUT2D eigenvalue weighted by Gasteiger charge is 2.23. The van der Waals surface area contributed by atoms with Crippen LogP contribution in [-0.4, -0.2) is 31.6 Å². The maximum absolute atomic E-state index is 10.5. The lowest BCUT2D eigenvalue weighted by atomic mass is 9.99. The number of hydrogen-bond acceptors (Lipinski definition) is 6. The largest absolute Gasteiger partial charge is 0.384 e. The van der Waals surface area contributed by atoms with Crippen LogP contribution >= 0.6 is 11.3 Å². The van der Waals surface area contributed by atoms with Gasteiger partial charge in [0.25, 0.3) is 0 Å². The van der Waals surface area contributed by atoms with Crippen molar-refractivity contribution in [2.24, 2.45) is 0 Å². The van der Waals surface area contributed by atoms with Crippen molar-refractivity contribution >= 4 is 17.2 Å². The third-order valence-corrected chi connectivity index (χ3v) is 4.32. The minimum absolute atomic E-state index is 0.359. The summed E-state index contributed by atoms with van der Waals surface area (Å²) in [5.41, 5.74) is 1.90. The van der Waals surface area contributed by atoms with E-state index in [1.807, 2.05) is 48.9 Å². The molecule has 0 aromatic carbocycles. The monoisotopic (exact) mass is 329 g/mol. The summed E-state index contributed by atoms with van der Waals surface area (Å²) in [5, 5.41) is 30.2. The Bertz CT molecular complexity index is 777. The lowest BCUT2D eigenvalue weighted by Crippen LogP contribution is -2.30. The molecular weight excluding hydrogens is 310 g/mol. The number of aryl methyl sites for hydroxylation is 2. The van der Waals surface area contributed by atoms with Crippen molar-refractivity contribution in [3.05, 3.63) is 52.0 Å². The SMILES string of the molecule is Cc1cc(C)n(-c2ccc(NC[C@](C)(O)c3ccsc3)nn2)n1. The molecule has 6 nitrogen and oxygen atoms in total. The van der Waals surface area contributed by atoms with Crippen LogP contribution in [0.3, 0.4) is 0 Å². The first kappa shape index (κ1) is 15.6. The van der Waals surface area contributed by atoms with Gasteiger partial charge in [0.2, 0.25) is 0 Å². The van der Waals surface area contributed by atoms with Crippen LogP contribution in [0.1, 0.15) is 23.9 Å². The van der Waals surface area contributed by atoms with Gasteiger partial charge in [-0.3, -0.25) is 0 Å². The topological polar surface area (TPSA) is 75.9 Å². The molecular formula is C16H19N5OS. The average molecular weight is 329 g/mol. The minimum Gasteiger partial charge on any atom is -0.384 e. The van der Waals surface area contributed by atoms with Crippen LogP contribution in [0.5, 0.6) is 0 Å². The maximum Gasteiger partial charge on any atom is 0.176 e. The van der Waals surface area contributed by atoms with Gasteiger partial charge in [-0.1, -0.05) is 0 Å². The second-order valence-corrected chi connectivity index (χ2v) is 6.54. The number of aliphatic hydroxyl groups is 1. The number of nitrogens with one attached hydrogen (secondary N) is 1.